The van der Waals surface area contributed by atoms with Crippen molar-refractivity contribution >= 4 is 29.3 Å². The Morgan fingerprint density at radius 2 is 2.00 bits per heavy atom. The van der Waals surface area contributed by atoms with Gasteiger partial charge in [-0.25, -0.2) is 0 Å². The van der Waals surface area contributed by atoms with E-state index in [-0.39, 0.29) is 23.5 Å². The van der Waals surface area contributed by atoms with Crippen molar-refractivity contribution in [3.63, 3.8) is 0 Å². The Labute approximate surface area is 148 Å². The van der Waals surface area contributed by atoms with Gasteiger partial charge in [-0.3, -0.25) is 4.79 Å². The maximum Gasteiger partial charge on any atom is 0.387 e. The molecule has 1 atom stereocenters. The topological polar surface area (TPSA) is 38.3 Å². The molecule has 0 spiro atoms. The van der Waals surface area contributed by atoms with Crippen LogP contribution in [0.1, 0.15) is 12.5 Å². The molecule has 3 nitrogen and oxygen atoms in total. The Balaban J connectivity index is 1.89. The van der Waals surface area contributed by atoms with E-state index >= 15 is 0 Å². The molecule has 7 heteroatoms. The monoisotopic (exact) mass is 371 g/mol. The van der Waals surface area contributed by atoms with Gasteiger partial charge in [0.05, 0.1) is 10.3 Å². The number of alkyl halides is 2. The summed E-state index contributed by atoms with van der Waals surface area (Å²) in [6.07, 6.45) is 0. The lowest BCUT2D eigenvalue weighted by atomic mass is 10.2. The Morgan fingerprint density at radius 3 is 2.71 bits per heavy atom. The number of hydrogen-bond donors (Lipinski definition) is 1. The van der Waals surface area contributed by atoms with Gasteiger partial charge in [0.25, 0.3) is 0 Å². The molecule has 0 aromatic heterocycles. The van der Waals surface area contributed by atoms with E-state index < -0.39 is 6.61 Å². The maximum atomic E-state index is 12.2. The number of amides is 1. The highest BCUT2D eigenvalue weighted by molar-refractivity contribution is 8.00. The van der Waals surface area contributed by atoms with Crippen LogP contribution in [-0.2, 0) is 11.3 Å². The molecule has 24 heavy (non-hydrogen) atoms. The van der Waals surface area contributed by atoms with E-state index in [0.717, 1.165) is 4.90 Å². The van der Waals surface area contributed by atoms with Crippen LogP contribution in [0.15, 0.2) is 53.4 Å². The predicted molar refractivity (Wildman–Crippen MR) is 91.7 cm³/mol. The van der Waals surface area contributed by atoms with E-state index in [4.69, 9.17) is 11.6 Å². The summed E-state index contributed by atoms with van der Waals surface area (Å²) >= 11 is 7.43. The van der Waals surface area contributed by atoms with E-state index in [1.165, 1.54) is 23.9 Å². The number of rotatable bonds is 7. The standard InChI is InChI=1S/C17H16ClF2NO2S/c1-11(24-15-8-3-2-7-14(15)18)16(22)21-10-12-5-4-6-13(9-12)23-17(19)20/h2-9,11,17H,10H2,1H3,(H,21,22). The number of ether oxygens (including phenoxy) is 1. The van der Waals surface area contributed by atoms with Gasteiger partial charge in [0, 0.05) is 11.4 Å². The van der Waals surface area contributed by atoms with Crippen LogP contribution in [0.3, 0.4) is 0 Å². The van der Waals surface area contributed by atoms with E-state index in [9.17, 15) is 13.6 Å². The molecular formula is C17H16ClF2NO2S. The summed E-state index contributed by atoms with van der Waals surface area (Å²) < 4.78 is 28.7. The molecule has 0 aliphatic heterocycles. The van der Waals surface area contributed by atoms with Crippen LogP contribution in [-0.4, -0.2) is 17.8 Å². The highest BCUT2D eigenvalue weighted by Crippen LogP contribution is 2.30. The second-order valence-electron chi connectivity index (χ2n) is 4.93. The summed E-state index contributed by atoms with van der Waals surface area (Å²) in [4.78, 5) is 13.0. The van der Waals surface area contributed by atoms with Gasteiger partial charge in [0.15, 0.2) is 0 Å². The normalized spacial score (nSPS) is 12.0. The molecule has 1 unspecified atom stereocenters. The molecule has 2 rings (SSSR count). The number of nitrogens with one attached hydrogen (secondary N) is 1. The van der Waals surface area contributed by atoms with E-state index in [1.807, 2.05) is 18.2 Å². The molecule has 0 aliphatic carbocycles. The molecule has 0 fully saturated rings. The largest absolute Gasteiger partial charge is 0.435 e. The number of thioether (sulfide) groups is 1. The molecule has 128 valence electrons. The lowest BCUT2D eigenvalue weighted by molar-refractivity contribution is -0.120. The average Bonchev–Trinajstić information content (AvgIpc) is 2.54. The third kappa shape index (κ3) is 5.69. The zero-order valence-corrected chi connectivity index (χ0v) is 14.4. The molecule has 1 amide bonds. The predicted octanol–water partition coefficient (Wildman–Crippen LogP) is 4.74. The summed E-state index contributed by atoms with van der Waals surface area (Å²) in [5.74, 6) is -0.102. The molecule has 2 aromatic carbocycles. The maximum absolute atomic E-state index is 12.2. The fourth-order valence-electron chi connectivity index (χ4n) is 1.95. The van der Waals surface area contributed by atoms with Crippen molar-refractivity contribution in [1.29, 1.82) is 0 Å². The third-order valence-corrected chi connectivity index (χ3v) is 4.72. The van der Waals surface area contributed by atoms with Gasteiger partial charge in [-0.05, 0) is 36.8 Å². The molecule has 0 bridgehead atoms. The van der Waals surface area contributed by atoms with Gasteiger partial charge >= 0.3 is 6.61 Å². The van der Waals surface area contributed by atoms with E-state index in [1.54, 1.807) is 25.1 Å². The van der Waals surface area contributed by atoms with Crippen LogP contribution in [0.4, 0.5) is 8.78 Å². The van der Waals surface area contributed by atoms with Crippen molar-refractivity contribution in [2.75, 3.05) is 0 Å². The first-order valence-corrected chi connectivity index (χ1v) is 8.44. The molecule has 1 N–H and O–H groups in total. The van der Waals surface area contributed by atoms with E-state index in [0.29, 0.717) is 10.6 Å². The number of hydrogen-bond acceptors (Lipinski definition) is 3. The smallest absolute Gasteiger partial charge is 0.387 e. The van der Waals surface area contributed by atoms with Crippen molar-refractivity contribution in [3.05, 3.63) is 59.1 Å². The Kier molecular flexibility index (Phi) is 6.87. The zero-order chi connectivity index (χ0) is 17.5. The number of carbonyl (C=O) groups is 1. The van der Waals surface area contributed by atoms with Gasteiger partial charge in [-0.1, -0.05) is 35.9 Å². The molecule has 0 radical (unpaired) electrons. The van der Waals surface area contributed by atoms with Crippen molar-refractivity contribution < 1.29 is 18.3 Å². The van der Waals surface area contributed by atoms with Crippen LogP contribution in [0.25, 0.3) is 0 Å². The first-order chi connectivity index (χ1) is 11.5. The summed E-state index contributed by atoms with van der Waals surface area (Å²) in [6.45, 7) is -0.867. The minimum atomic E-state index is -2.87. The number of carbonyl (C=O) groups excluding carboxylic acids is 1. The molecular weight excluding hydrogens is 356 g/mol. The summed E-state index contributed by atoms with van der Waals surface area (Å²) in [5, 5.41) is 3.03. The van der Waals surface area contributed by atoms with Crippen molar-refractivity contribution in [2.45, 2.75) is 30.2 Å². The Bertz CT molecular complexity index is 700. The quantitative estimate of drug-likeness (QED) is 0.714. The fraction of sp³-hybridized carbons (Fsp3) is 0.235. The van der Waals surface area contributed by atoms with Crippen LogP contribution in [0.5, 0.6) is 5.75 Å². The van der Waals surface area contributed by atoms with Gasteiger partial charge in [0.1, 0.15) is 5.75 Å². The molecule has 2 aromatic rings. The van der Waals surface area contributed by atoms with E-state index in [2.05, 4.69) is 10.1 Å². The van der Waals surface area contributed by atoms with Crippen LogP contribution in [0, 0.1) is 0 Å². The SMILES string of the molecule is CC(Sc1ccccc1Cl)C(=O)NCc1cccc(OC(F)F)c1. The van der Waals surface area contributed by atoms with Gasteiger partial charge in [0.2, 0.25) is 5.91 Å². The third-order valence-electron chi connectivity index (χ3n) is 3.10. The minimum Gasteiger partial charge on any atom is -0.435 e. The number of benzene rings is 2. The lowest BCUT2D eigenvalue weighted by Crippen LogP contribution is -2.30. The summed E-state index contributed by atoms with van der Waals surface area (Å²) in [7, 11) is 0. The fourth-order valence-corrected chi connectivity index (χ4v) is 3.13. The highest BCUT2D eigenvalue weighted by atomic mass is 35.5. The second-order valence-corrected chi connectivity index (χ2v) is 6.72. The Morgan fingerprint density at radius 1 is 1.25 bits per heavy atom. The van der Waals surface area contributed by atoms with Gasteiger partial charge in [-0.2, -0.15) is 8.78 Å². The molecule has 0 saturated heterocycles. The van der Waals surface area contributed by atoms with Crippen molar-refractivity contribution in [2.24, 2.45) is 0 Å². The van der Waals surface area contributed by atoms with Crippen LogP contribution < -0.4 is 10.1 Å². The van der Waals surface area contributed by atoms with Crippen LogP contribution in [0.2, 0.25) is 5.02 Å². The van der Waals surface area contributed by atoms with Crippen molar-refractivity contribution in [3.8, 4) is 5.75 Å². The highest BCUT2D eigenvalue weighted by Gasteiger charge is 2.15. The second kappa shape index (κ2) is 8.89. The molecule has 0 heterocycles. The first kappa shape index (κ1) is 18.5. The van der Waals surface area contributed by atoms with Crippen molar-refractivity contribution in [1.82, 2.24) is 5.32 Å². The zero-order valence-electron chi connectivity index (χ0n) is 12.8. The molecule has 0 saturated carbocycles. The summed E-state index contributed by atoms with van der Waals surface area (Å²) in [6, 6.07) is 13.5. The molecule has 0 aliphatic rings. The number of halogens is 3. The lowest BCUT2D eigenvalue weighted by Gasteiger charge is -2.13. The average molecular weight is 372 g/mol. The first-order valence-electron chi connectivity index (χ1n) is 7.18. The minimum absolute atomic E-state index is 0.0650. The Hall–Kier alpha value is -1.79. The van der Waals surface area contributed by atoms with Gasteiger partial charge < -0.3 is 10.1 Å². The summed E-state index contributed by atoms with van der Waals surface area (Å²) in [5.41, 5.74) is 0.677. The van der Waals surface area contributed by atoms with Crippen LogP contribution >= 0.6 is 23.4 Å². The van der Waals surface area contributed by atoms with Gasteiger partial charge in [-0.15, -0.1) is 11.8 Å².